The van der Waals surface area contributed by atoms with Crippen LogP contribution in [0.3, 0.4) is 0 Å². The highest BCUT2D eigenvalue weighted by Crippen LogP contribution is 2.58. The Labute approximate surface area is 482 Å². The van der Waals surface area contributed by atoms with E-state index in [0.717, 1.165) is 118 Å². The molecule has 83 heavy (non-hydrogen) atoms. The Balaban J connectivity index is 1.10. The number of fused-ring (bicyclic) bond motifs is 2. The molecule has 0 radical (unpaired) electrons. The van der Waals surface area contributed by atoms with Crippen LogP contribution in [0.15, 0.2) is 267 Å². The number of rotatable bonds is 11. The van der Waals surface area contributed by atoms with Gasteiger partial charge in [0.05, 0.1) is 45.5 Å². The van der Waals surface area contributed by atoms with E-state index in [2.05, 4.69) is 188 Å². The van der Waals surface area contributed by atoms with Gasteiger partial charge >= 0.3 is 0 Å². The zero-order valence-electron chi connectivity index (χ0n) is 45.9. The Morgan fingerprint density at radius 3 is 1.00 bits per heavy atom. The van der Waals surface area contributed by atoms with E-state index >= 15 is 0 Å². The summed E-state index contributed by atoms with van der Waals surface area (Å²) in [4.78, 5) is 42.5. The maximum absolute atomic E-state index is 5.65. The van der Waals surface area contributed by atoms with Crippen LogP contribution in [0.4, 0.5) is 34.3 Å². The van der Waals surface area contributed by atoms with Crippen LogP contribution in [-0.4, -0.2) is 34.9 Å². The maximum Gasteiger partial charge on any atom is 0.164 e. The molecule has 3 aromatic heterocycles. The van der Waals surface area contributed by atoms with Crippen molar-refractivity contribution in [3.05, 3.63) is 284 Å². The van der Waals surface area contributed by atoms with Gasteiger partial charge in [-0.1, -0.05) is 224 Å². The number of nitrogens with zero attached hydrogens (tertiary/aromatic N) is 9. The van der Waals surface area contributed by atoms with Crippen LogP contribution < -0.4 is 9.80 Å². The van der Waals surface area contributed by atoms with Gasteiger partial charge in [-0.3, -0.25) is 4.90 Å². The van der Waals surface area contributed by atoms with Crippen molar-refractivity contribution in [2.45, 2.75) is 20.8 Å². The Kier molecular flexibility index (Phi) is 13.0. The van der Waals surface area contributed by atoms with Gasteiger partial charge in [-0.15, -0.1) is 0 Å². The fraction of sp³-hybridized carbons (Fsp3) is 0.0405. The van der Waals surface area contributed by atoms with Gasteiger partial charge in [0.2, 0.25) is 0 Å². The van der Waals surface area contributed by atoms with Crippen LogP contribution in [0.1, 0.15) is 16.7 Å². The predicted octanol–water partition coefficient (Wildman–Crippen LogP) is 18.6. The highest BCUT2D eigenvalue weighted by atomic mass is 15.3. The van der Waals surface area contributed by atoms with E-state index in [1.54, 1.807) is 0 Å². The van der Waals surface area contributed by atoms with Crippen LogP contribution in [0.5, 0.6) is 0 Å². The number of anilines is 6. The zero-order valence-corrected chi connectivity index (χ0v) is 45.9. The third kappa shape index (κ3) is 9.66. The van der Waals surface area contributed by atoms with Crippen LogP contribution in [0.2, 0.25) is 0 Å². The van der Waals surface area contributed by atoms with Crippen molar-refractivity contribution >= 4 is 34.3 Å². The Morgan fingerprint density at radius 2 is 0.578 bits per heavy atom. The van der Waals surface area contributed by atoms with E-state index in [-0.39, 0.29) is 0 Å². The van der Waals surface area contributed by atoms with E-state index in [0.29, 0.717) is 29.1 Å². The number of hydrogen-bond donors (Lipinski definition) is 0. The van der Waals surface area contributed by atoms with Crippen molar-refractivity contribution in [2.24, 2.45) is 0 Å². The normalized spacial score (nSPS) is 11.7. The molecule has 9 heteroatoms. The van der Waals surface area contributed by atoms with Crippen LogP contribution >= 0.6 is 0 Å². The molecule has 0 aliphatic carbocycles. The third-order valence-corrected chi connectivity index (χ3v) is 15.1. The SMILES string of the molecule is Cc1cc(C)c(-c2cc(-c3nc(-c4ccccc4)nc(-c4ccccc4)n3)cc(-c3nc(-c4ccccc4)cc(-c4ccccc4)n3)c2N2c3ccccc3N(c3cc(-c4ccccc4)nc(-c4ccccc4)n3)c3ccccc32)c(C)c1. The van der Waals surface area contributed by atoms with E-state index < -0.39 is 0 Å². The summed E-state index contributed by atoms with van der Waals surface area (Å²) in [6.45, 7) is 6.57. The predicted molar refractivity (Wildman–Crippen MR) is 337 cm³/mol. The second kappa shape index (κ2) is 21.6. The van der Waals surface area contributed by atoms with Crippen molar-refractivity contribution in [2.75, 3.05) is 9.80 Å². The van der Waals surface area contributed by atoms with E-state index in [4.69, 9.17) is 34.9 Å². The Morgan fingerprint density at radius 1 is 0.253 bits per heavy atom. The summed E-state index contributed by atoms with van der Waals surface area (Å²) in [7, 11) is 0. The van der Waals surface area contributed by atoms with Gasteiger partial charge in [0, 0.05) is 56.1 Å². The number of aryl methyl sites for hydroxylation is 3. The van der Waals surface area contributed by atoms with E-state index in [1.165, 1.54) is 5.56 Å². The summed E-state index contributed by atoms with van der Waals surface area (Å²) in [5.41, 5.74) is 19.5. The Bertz CT molecular complexity index is 4280. The summed E-state index contributed by atoms with van der Waals surface area (Å²) in [6.07, 6.45) is 0. The van der Waals surface area contributed by atoms with Crippen molar-refractivity contribution in [1.82, 2.24) is 34.9 Å². The topological polar surface area (TPSA) is 96.7 Å². The minimum atomic E-state index is 0.509. The first kappa shape index (κ1) is 50.2. The molecular formula is C74H53N9. The van der Waals surface area contributed by atoms with Gasteiger partial charge in [-0.25, -0.2) is 34.9 Å². The van der Waals surface area contributed by atoms with Gasteiger partial charge < -0.3 is 4.90 Å². The molecular weight excluding hydrogens is 1010 g/mol. The van der Waals surface area contributed by atoms with Crippen molar-refractivity contribution in [1.29, 1.82) is 0 Å². The molecule has 14 rings (SSSR count). The molecule has 0 amide bonds. The molecule has 0 spiro atoms. The summed E-state index contributed by atoms with van der Waals surface area (Å²) in [5.74, 6) is 3.51. The Hall–Kier alpha value is -11.0. The average molecular weight is 1070 g/mol. The number of hydrogen-bond acceptors (Lipinski definition) is 9. The molecule has 394 valence electrons. The van der Waals surface area contributed by atoms with Crippen molar-refractivity contribution < 1.29 is 0 Å². The van der Waals surface area contributed by atoms with Gasteiger partial charge in [0.25, 0.3) is 0 Å². The summed E-state index contributed by atoms with van der Waals surface area (Å²) in [6, 6.07) is 91.9. The smallest absolute Gasteiger partial charge is 0.164 e. The van der Waals surface area contributed by atoms with Crippen LogP contribution in [0.25, 0.3) is 102 Å². The first-order chi connectivity index (χ1) is 40.9. The summed E-state index contributed by atoms with van der Waals surface area (Å²) < 4.78 is 0. The molecule has 4 heterocycles. The number of benzene rings is 10. The largest absolute Gasteiger partial charge is 0.305 e. The molecule has 0 atom stereocenters. The van der Waals surface area contributed by atoms with Gasteiger partial charge in [-0.2, -0.15) is 0 Å². The average Bonchev–Trinajstić information content (AvgIpc) is 1.85. The quantitative estimate of drug-likeness (QED) is 0.125. The molecule has 1 aliphatic heterocycles. The standard InChI is InChI=1S/C74H53N9/c1-48-42-49(2)68(50(3)43-48)58-44-57(73-80-71(55-34-18-8-19-35-55)79-72(81-73)56-36-20-9-21-37-56)45-59(74-76-60(51-26-10-4-11-27-51)46-61(77-74)52-28-12-5-13-29-52)69(58)83-65-40-24-22-38-63(65)82(64-39-23-25-41-66(64)83)67-47-62(53-30-14-6-15-31-53)75-70(78-67)54-32-16-7-17-33-54/h4-47H,1-3H3. The molecule has 0 unspecified atom stereocenters. The number of aromatic nitrogens is 7. The van der Waals surface area contributed by atoms with Crippen molar-refractivity contribution in [3.8, 4) is 102 Å². The first-order valence-corrected chi connectivity index (χ1v) is 27.8. The van der Waals surface area contributed by atoms with E-state index in [1.807, 2.05) is 109 Å². The molecule has 10 aromatic carbocycles. The minimum absolute atomic E-state index is 0.509. The molecule has 0 N–H and O–H groups in total. The minimum Gasteiger partial charge on any atom is -0.305 e. The second-order valence-electron chi connectivity index (χ2n) is 20.7. The van der Waals surface area contributed by atoms with Gasteiger partial charge in [-0.05, 0) is 79.9 Å². The zero-order chi connectivity index (χ0) is 55.8. The lowest BCUT2D eigenvalue weighted by Crippen LogP contribution is -2.25. The summed E-state index contributed by atoms with van der Waals surface area (Å²) >= 11 is 0. The molecule has 1 aliphatic rings. The molecule has 0 saturated heterocycles. The molecule has 13 aromatic rings. The maximum atomic E-state index is 5.65. The molecule has 0 fully saturated rings. The third-order valence-electron chi connectivity index (χ3n) is 15.1. The van der Waals surface area contributed by atoms with Gasteiger partial charge in [0.15, 0.2) is 29.1 Å². The summed E-state index contributed by atoms with van der Waals surface area (Å²) in [5, 5.41) is 0. The molecule has 0 saturated carbocycles. The molecule has 9 nitrogen and oxygen atoms in total. The van der Waals surface area contributed by atoms with Crippen LogP contribution in [-0.2, 0) is 0 Å². The van der Waals surface area contributed by atoms with Crippen molar-refractivity contribution in [3.63, 3.8) is 0 Å². The van der Waals surface area contributed by atoms with Crippen LogP contribution in [0, 0.1) is 20.8 Å². The lowest BCUT2D eigenvalue weighted by molar-refractivity contribution is 1.07. The first-order valence-electron chi connectivity index (χ1n) is 27.8. The lowest BCUT2D eigenvalue weighted by Gasteiger charge is -2.41. The fourth-order valence-electron chi connectivity index (χ4n) is 11.4. The second-order valence-corrected chi connectivity index (χ2v) is 20.7. The van der Waals surface area contributed by atoms with Gasteiger partial charge in [0.1, 0.15) is 5.82 Å². The lowest BCUT2D eigenvalue weighted by atomic mass is 9.88. The van der Waals surface area contributed by atoms with E-state index in [9.17, 15) is 0 Å². The highest BCUT2D eigenvalue weighted by Gasteiger charge is 2.36. The number of para-hydroxylation sites is 4. The molecule has 0 bridgehead atoms. The fourth-order valence-corrected chi connectivity index (χ4v) is 11.4. The monoisotopic (exact) mass is 1070 g/mol. The highest BCUT2D eigenvalue weighted by molar-refractivity contribution is 6.08.